The molecule has 0 saturated heterocycles. The number of para-hydroxylation sites is 1. The van der Waals surface area contributed by atoms with Crippen LogP contribution in [0.15, 0.2) is 29.3 Å². The van der Waals surface area contributed by atoms with Crippen molar-refractivity contribution >= 4 is 5.96 Å². The van der Waals surface area contributed by atoms with Crippen molar-refractivity contribution < 1.29 is 4.74 Å². The zero-order valence-electron chi connectivity index (χ0n) is 11.8. The first-order chi connectivity index (χ1) is 9.83. The molecule has 0 amide bonds. The van der Waals surface area contributed by atoms with Crippen molar-refractivity contribution in [2.75, 3.05) is 13.2 Å². The second-order valence-electron chi connectivity index (χ2n) is 5.75. The van der Waals surface area contributed by atoms with E-state index < -0.39 is 0 Å². The van der Waals surface area contributed by atoms with Gasteiger partial charge >= 0.3 is 0 Å². The van der Waals surface area contributed by atoms with Crippen LogP contribution in [0.2, 0.25) is 0 Å². The fourth-order valence-electron chi connectivity index (χ4n) is 3.09. The number of nitrogens with two attached hydrogens (primary N) is 1. The Balaban J connectivity index is 1.54. The van der Waals surface area contributed by atoms with Gasteiger partial charge in [0.25, 0.3) is 0 Å². The second-order valence-corrected chi connectivity index (χ2v) is 5.75. The van der Waals surface area contributed by atoms with Crippen LogP contribution in [0.25, 0.3) is 0 Å². The van der Waals surface area contributed by atoms with E-state index in [1.807, 2.05) is 18.2 Å². The normalized spacial score (nSPS) is 23.2. The lowest BCUT2D eigenvalue weighted by Gasteiger charge is -2.23. The summed E-state index contributed by atoms with van der Waals surface area (Å²) in [7, 11) is 0. The van der Waals surface area contributed by atoms with E-state index in [1.54, 1.807) is 0 Å². The fraction of sp³-hybridized carbons (Fsp3) is 0.562. The zero-order chi connectivity index (χ0) is 13.8. The number of rotatable bonds is 3. The molecule has 1 aliphatic carbocycles. The quantitative estimate of drug-likeness (QED) is 0.656. The highest BCUT2D eigenvalue weighted by atomic mass is 16.5. The molecule has 108 valence electrons. The van der Waals surface area contributed by atoms with Crippen LogP contribution in [-0.4, -0.2) is 25.2 Å². The van der Waals surface area contributed by atoms with Gasteiger partial charge in [-0.2, -0.15) is 0 Å². The maximum Gasteiger partial charge on any atom is 0.188 e. The molecule has 1 aromatic rings. The molecule has 0 aromatic heterocycles. The van der Waals surface area contributed by atoms with E-state index in [0.717, 1.165) is 5.75 Å². The van der Waals surface area contributed by atoms with Crippen molar-refractivity contribution in [2.45, 2.75) is 44.1 Å². The smallest absolute Gasteiger partial charge is 0.188 e. The summed E-state index contributed by atoms with van der Waals surface area (Å²) in [6.07, 6.45) is 6.38. The Morgan fingerprint density at radius 1 is 1.25 bits per heavy atom. The maximum absolute atomic E-state index is 6.00. The average molecular weight is 273 g/mol. The number of hydrogen-bond donors (Lipinski definition) is 2. The predicted octanol–water partition coefficient (Wildman–Crippen LogP) is 2.40. The summed E-state index contributed by atoms with van der Waals surface area (Å²) in [5.74, 6) is 1.91. The van der Waals surface area contributed by atoms with Crippen molar-refractivity contribution in [2.24, 2.45) is 10.7 Å². The van der Waals surface area contributed by atoms with Crippen LogP contribution in [0, 0.1) is 0 Å². The van der Waals surface area contributed by atoms with Crippen molar-refractivity contribution in [3.8, 4) is 5.75 Å². The van der Waals surface area contributed by atoms with Gasteiger partial charge in [0.05, 0.1) is 13.2 Å². The first kappa shape index (κ1) is 13.3. The number of aliphatic imine (C=N–C) groups is 1. The molecule has 20 heavy (non-hydrogen) atoms. The Morgan fingerprint density at radius 2 is 2.05 bits per heavy atom. The van der Waals surface area contributed by atoms with E-state index in [0.29, 0.717) is 31.1 Å². The summed E-state index contributed by atoms with van der Waals surface area (Å²) in [6.45, 7) is 1.40. The van der Waals surface area contributed by atoms with Crippen LogP contribution >= 0.6 is 0 Å². The van der Waals surface area contributed by atoms with Gasteiger partial charge in [0.2, 0.25) is 0 Å². The van der Waals surface area contributed by atoms with E-state index in [1.165, 1.54) is 37.7 Å². The van der Waals surface area contributed by atoms with E-state index in [4.69, 9.17) is 10.5 Å². The fourth-order valence-corrected chi connectivity index (χ4v) is 3.09. The van der Waals surface area contributed by atoms with Crippen LogP contribution in [0.4, 0.5) is 0 Å². The van der Waals surface area contributed by atoms with Gasteiger partial charge < -0.3 is 15.8 Å². The molecule has 0 bridgehead atoms. The lowest BCUT2D eigenvalue weighted by atomic mass is 9.96. The number of hydrogen-bond acceptors (Lipinski definition) is 2. The third kappa shape index (κ3) is 3.06. The van der Waals surface area contributed by atoms with Gasteiger partial charge in [-0.25, -0.2) is 0 Å². The van der Waals surface area contributed by atoms with Gasteiger partial charge in [-0.05, 0) is 18.9 Å². The third-order valence-corrected chi connectivity index (χ3v) is 4.24. The summed E-state index contributed by atoms with van der Waals surface area (Å²) in [4.78, 5) is 4.50. The molecule has 3 rings (SSSR count). The molecule has 1 aromatic carbocycles. The second kappa shape index (κ2) is 6.16. The topological polar surface area (TPSA) is 59.6 Å². The minimum absolute atomic E-state index is 0.331. The molecule has 0 spiro atoms. The zero-order valence-corrected chi connectivity index (χ0v) is 11.8. The number of nitrogens with zero attached hydrogens (tertiary/aromatic N) is 1. The minimum atomic E-state index is 0.331. The lowest BCUT2D eigenvalue weighted by molar-refractivity contribution is 0.333. The Hall–Kier alpha value is -1.71. The molecule has 4 nitrogen and oxygen atoms in total. The van der Waals surface area contributed by atoms with Crippen molar-refractivity contribution in [1.29, 1.82) is 0 Å². The largest absolute Gasteiger partial charge is 0.493 e. The molecule has 1 aliphatic heterocycles. The number of nitrogens with one attached hydrogen (secondary N) is 1. The van der Waals surface area contributed by atoms with Gasteiger partial charge in [0.15, 0.2) is 5.96 Å². The van der Waals surface area contributed by atoms with Gasteiger partial charge in [0.1, 0.15) is 5.75 Å². The molecule has 2 aliphatic rings. The molecule has 1 unspecified atom stereocenters. The molecule has 3 N–H and O–H groups in total. The van der Waals surface area contributed by atoms with E-state index >= 15 is 0 Å². The highest BCUT2D eigenvalue weighted by molar-refractivity contribution is 5.78. The Kier molecular flexibility index (Phi) is 4.09. The summed E-state index contributed by atoms with van der Waals surface area (Å²) >= 11 is 0. The molecule has 1 fully saturated rings. The van der Waals surface area contributed by atoms with Crippen molar-refractivity contribution in [3.63, 3.8) is 0 Å². The number of ether oxygens (including phenoxy) is 1. The molecule has 1 heterocycles. The van der Waals surface area contributed by atoms with Gasteiger partial charge in [0, 0.05) is 17.5 Å². The number of benzene rings is 1. The maximum atomic E-state index is 6.00. The highest BCUT2D eigenvalue weighted by Crippen LogP contribution is 2.33. The van der Waals surface area contributed by atoms with Crippen LogP contribution in [0.5, 0.6) is 5.75 Å². The van der Waals surface area contributed by atoms with Gasteiger partial charge in [-0.1, -0.05) is 37.5 Å². The van der Waals surface area contributed by atoms with Crippen molar-refractivity contribution in [3.05, 3.63) is 29.8 Å². The van der Waals surface area contributed by atoms with Crippen LogP contribution in [0.3, 0.4) is 0 Å². The SMILES string of the molecule is NC(=NCC1COc2ccccc21)NC1CCCCC1. The number of fused-ring (bicyclic) bond motifs is 1. The van der Waals surface area contributed by atoms with E-state index in [9.17, 15) is 0 Å². The summed E-state index contributed by atoms with van der Waals surface area (Å²) < 4.78 is 5.66. The van der Waals surface area contributed by atoms with Crippen LogP contribution in [0.1, 0.15) is 43.6 Å². The van der Waals surface area contributed by atoms with Gasteiger partial charge in [-0.15, -0.1) is 0 Å². The molecule has 1 atom stereocenters. The Morgan fingerprint density at radius 3 is 2.90 bits per heavy atom. The van der Waals surface area contributed by atoms with E-state index in [-0.39, 0.29) is 0 Å². The highest BCUT2D eigenvalue weighted by Gasteiger charge is 2.23. The Labute approximate surface area is 120 Å². The lowest BCUT2D eigenvalue weighted by Crippen LogP contribution is -2.41. The summed E-state index contributed by atoms with van der Waals surface area (Å²) in [5.41, 5.74) is 7.25. The minimum Gasteiger partial charge on any atom is -0.493 e. The standard InChI is InChI=1S/C16H23N3O/c17-16(19-13-6-2-1-3-7-13)18-10-12-11-20-15-9-5-4-8-14(12)15/h4-5,8-9,12-13H,1-3,6-7,10-11H2,(H3,17,18,19). The average Bonchev–Trinajstić information content (AvgIpc) is 2.89. The van der Waals surface area contributed by atoms with E-state index in [2.05, 4.69) is 16.4 Å². The predicted molar refractivity (Wildman–Crippen MR) is 81.2 cm³/mol. The van der Waals surface area contributed by atoms with Crippen LogP contribution < -0.4 is 15.8 Å². The Bertz CT molecular complexity index is 480. The third-order valence-electron chi connectivity index (χ3n) is 4.24. The number of guanidine groups is 1. The molecule has 0 radical (unpaired) electrons. The first-order valence-corrected chi connectivity index (χ1v) is 7.61. The molecular weight excluding hydrogens is 250 g/mol. The molecular formula is C16H23N3O. The van der Waals surface area contributed by atoms with Crippen LogP contribution in [-0.2, 0) is 0 Å². The first-order valence-electron chi connectivity index (χ1n) is 7.61. The summed E-state index contributed by atoms with van der Waals surface area (Å²) in [6, 6.07) is 8.70. The van der Waals surface area contributed by atoms with Gasteiger partial charge in [-0.3, -0.25) is 4.99 Å². The van der Waals surface area contributed by atoms with Crippen molar-refractivity contribution in [1.82, 2.24) is 5.32 Å². The molecule has 4 heteroatoms. The summed E-state index contributed by atoms with van der Waals surface area (Å²) in [5, 5.41) is 3.35. The monoisotopic (exact) mass is 273 g/mol. The molecule has 1 saturated carbocycles.